The largest absolute Gasteiger partial charge is 0.347 e. The van der Waals surface area contributed by atoms with E-state index in [0.29, 0.717) is 18.1 Å². The zero-order valence-corrected chi connectivity index (χ0v) is 14.6. The maximum Gasteiger partial charge on any atom is 0.280 e. The highest BCUT2D eigenvalue weighted by Gasteiger charge is 2.21. The number of aromatic nitrogens is 4. The van der Waals surface area contributed by atoms with Gasteiger partial charge in [-0.1, -0.05) is 47.0 Å². The molecule has 0 unspecified atom stereocenters. The summed E-state index contributed by atoms with van der Waals surface area (Å²) in [6, 6.07) is 18.0. The number of nitrogens with zero attached hydrogens (tertiary/aromatic N) is 4. The molecule has 0 atom stereocenters. The van der Waals surface area contributed by atoms with E-state index in [2.05, 4.69) is 31.7 Å². The third kappa shape index (κ3) is 3.38. The Morgan fingerprint density at radius 3 is 2.46 bits per heavy atom. The maximum absolute atomic E-state index is 12.9. The van der Waals surface area contributed by atoms with Crippen molar-refractivity contribution in [2.24, 2.45) is 0 Å². The fourth-order valence-corrected chi connectivity index (χ4v) is 3.11. The minimum Gasteiger partial charge on any atom is -0.347 e. The maximum atomic E-state index is 12.9. The number of imidazole rings is 1. The number of H-pyrrole nitrogens is 1. The lowest BCUT2D eigenvalue weighted by Gasteiger charge is -2.21. The molecule has 0 aliphatic heterocycles. The van der Waals surface area contributed by atoms with E-state index in [1.165, 1.54) is 0 Å². The van der Waals surface area contributed by atoms with E-state index in [1.807, 2.05) is 42.5 Å². The molecule has 0 aliphatic carbocycles. The van der Waals surface area contributed by atoms with Crippen LogP contribution >= 0.6 is 11.5 Å². The van der Waals surface area contributed by atoms with Gasteiger partial charge in [0.1, 0.15) is 5.82 Å². The van der Waals surface area contributed by atoms with Crippen LogP contribution in [0.3, 0.4) is 0 Å². The molecule has 128 valence electrons. The zero-order valence-electron chi connectivity index (χ0n) is 13.7. The zero-order chi connectivity index (χ0) is 17.8. The van der Waals surface area contributed by atoms with Crippen LogP contribution in [0.25, 0.3) is 11.1 Å². The molecule has 4 rings (SSSR count). The first kappa shape index (κ1) is 16.2. The molecule has 2 aromatic carbocycles. The summed E-state index contributed by atoms with van der Waals surface area (Å²) in [4.78, 5) is 21.8. The van der Waals surface area contributed by atoms with E-state index in [4.69, 9.17) is 0 Å². The molecule has 6 nitrogen and oxygen atoms in total. The van der Waals surface area contributed by atoms with Crippen LogP contribution in [-0.2, 0) is 6.54 Å². The number of benzene rings is 2. The SMILES string of the molecule is O=C(c1csnn1)N(Cc1ncc[nH]1)c1ccc(-c2ccccc2)cc1. The summed E-state index contributed by atoms with van der Waals surface area (Å²) in [5.41, 5.74) is 3.33. The van der Waals surface area contributed by atoms with Gasteiger partial charge in [0.2, 0.25) is 0 Å². The van der Waals surface area contributed by atoms with Crippen LogP contribution in [0.2, 0.25) is 0 Å². The third-order valence-electron chi connectivity index (χ3n) is 3.97. The Balaban J connectivity index is 1.66. The van der Waals surface area contributed by atoms with Crippen molar-refractivity contribution in [2.45, 2.75) is 6.54 Å². The standard InChI is InChI=1S/C19H15N5OS/c25-19(17-13-26-23-22-17)24(12-18-20-10-11-21-18)16-8-6-15(7-9-16)14-4-2-1-3-5-14/h1-11,13H,12H2,(H,20,21). The van der Waals surface area contributed by atoms with Crippen LogP contribution < -0.4 is 4.90 Å². The van der Waals surface area contributed by atoms with Gasteiger partial charge in [0.05, 0.1) is 6.54 Å². The average Bonchev–Trinajstić information content (AvgIpc) is 3.40. The number of rotatable bonds is 5. The number of carbonyl (C=O) groups excluding carboxylic acids is 1. The molecule has 0 bridgehead atoms. The topological polar surface area (TPSA) is 74.8 Å². The molecule has 1 amide bonds. The van der Waals surface area contributed by atoms with Gasteiger partial charge in [-0.25, -0.2) is 4.98 Å². The molecule has 0 spiro atoms. The van der Waals surface area contributed by atoms with E-state index in [1.54, 1.807) is 22.7 Å². The average molecular weight is 361 g/mol. The minimum atomic E-state index is -0.206. The Morgan fingerprint density at radius 2 is 1.81 bits per heavy atom. The van der Waals surface area contributed by atoms with E-state index in [-0.39, 0.29) is 5.91 Å². The highest BCUT2D eigenvalue weighted by Crippen LogP contribution is 2.25. The first-order chi connectivity index (χ1) is 12.8. The Labute approximate surface area is 154 Å². The summed E-state index contributed by atoms with van der Waals surface area (Å²) in [7, 11) is 0. The summed E-state index contributed by atoms with van der Waals surface area (Å²) in [6.07, 6.45) is 3.40. The molecular weight excluding hydrogens is 346 g/mol. The quantitative estimate of drug-likeness (QED) is 0.587. The highest BCUT2D eigenvalue weighted by atomic mass is 32.1. The molecule has 0 fully saturated rings. The summed E-state index contributed by atoms with van der Waals surface area (Å²) in [6.45, 7) is 0.327. The first-order valence-corrected chi connectivity index (χ1v) is 8.87. The van der Waals surface area contributed by atoms with Crippen LogP contribution in [0.5, 0.6) is 0 Å². The predicted octanol–water partition coefficient (Wildman–Crippen LogP) is 3.78. The summed E-state index contributed by atoms with van der Waals surface area (Å²) >= 11 is 1.16. The molecule has 0 saturated heterocycles. The van der Waals surface area contributed by atoms with E-state index in [9.17, 15) is 4.79 Å². The number of carbonyl (C=O) groups is 1. The van der Waals surface area contributed by atoms with Gasteiger partial charge in [-0.15, -0.1) is 5.10 Å². The van der Waals surface area contributed by atoms with Crippen LogP contribution in [0.4, 0.5) is 5.69 Å². The number of anilines is 1. The smallest absolute Gasteiger partial charge is 0.280 e. The second-order valence-corrected chi connectivity index (χ2v) is 6.24. The van der Waals surface area contributed by atoms with Gasteiger partial charge >= 0.3 is 0 Å². The molecule has 0 radical (unpaired) electrons. The summed E-state index contributed by atoms with van der Waals surface area (Å²) in [5, 5.41) is 5.55. The van der Waals surface area contributed by atoms with Gasteiger partial charge in [-0.05, 0) is 34.8 Å². The number of amides is 1. The predicted molar refractivity (Wildman–Crippen MR) is 101 cm³/mol. The number of hydrogen-bond acceptors (Lipinski definition) is 5. The van der Waals surface area contributed by atoms with Crippen molar-refractivity contribution in [1.82, 2.24) is 19.6 Å². The first-order valence-electron chi connectivity index (χ1n) is 8.04. The molecule has 2 heterocycles. The van der Waals surface area contributed by atoms with Crippen molar-refractivity contribution < 1.29 is 4.79 Å². The Hall–Kier alpha value is -3.32. The fraction of sp³-hybridized carbons (Fsp3) is 0.0526. The number of nitrogens with one attached hydrogen (secondary N) is 1. The van der Waals surface area contributed by atoms with Crippen molar-refractivity contribution in [3.05, 3.63) is 83.9 Å². The van der Waals surface area contributed by atoms with Crippen LogP contribution in [0.1, 0.15) is 16.3 Å². The molecule has 0 saturated carbocycles. The second kappa shape index (κ2) is 7.28. The molecule has 4 aromatic rings. The lowest BCUT2D eigenvalue weighted by atomic mass is 10.1. The monoisotopic (exact) mass is 361 g/mol. The fourth-order valence-electron chi connectivity index (χ4n) is 2.68. The normalized spacial score (nSPS) is 10.6. The van der Waals surface area contributed by atoms with Crippen molar-refractivity contribution in [3.8, 4) is 11.1 Å². The second-order valence-electron chi connectivity index (χ2n) is 5.63. The van der Waals surface area contributed by atoms with Crippen molar-refractivity contribution >= 4 is 23.1 Å². The van der Waals surface area contributed by atoms with Gasteiger partial charge in [0.15, 0.2) is 5.69 Å². The van der Waals surface area contributed by atoms with Crippen molar-refractivity contribution in [3.63, 3.8) is 0 Å². The highest BCUT2D eigenvalue weighted by molar-refractivity contribution is 7.03. The van der Waals surface area contributed by atoms with Crippen molar-refractivity contribution in [1.29, 1.82) is 0 Å². The Kier molecular flexibility index (Phi) is 4.53. The van der Waals surface area contributed by atoms with Crippen LogP contribution in [0, 0.1) is 0 Å². The summed E-state index contributed by atoms with van der Waals surface area (Å²) in [5.74, 6) is 0.497. The summed E-state index contributed by atoms with van der Waals surface area (Å²) < 4.78 is 3.79. The van der Waals surface area contributed by atoms with Gasteiger partial charge in [-0.3, -0.25) is 9.69 Å². The lowest BCUT2D eigenvalue weighted by molar-refractivity contribution is 0.0979. The van der Waals surface area contributed by atoms with Gasteiger partial charge < -0.3 is 4.98 Å². The third-order valence-corrected chi connectivity index (χ3v) is 4.48. The van der Waals surface area contributed by atoms with Gasteiger partial charge in [0.25, 0.3) is 5.91 Å². The van der Waals surface area contributed by atoms with Gasteiger partial charge in [0, 0.05) is 23.5 Å². The number of hydrogen-bond donors (Lipinski definition) is 1. The Bertz CT molecular complexity index is 967. The van der Waals surface area contributed by atoms with E-state index < -0.39 is 0 Å². The lowest BCUT2D eigenvalue weighted by Crippen LogP contribution is -2.31. The number of aromatic amines is 1. The molecule has 2 aromatic heterocycles. The molecule has 1 N–H and O–H groups in total. The van der Waals surface area contributed by atoms with Crippen LogP contribution in [0.15, 0.2) is 72.4 Å². The van der Waals surface area contributed by atoms with E-state index in [0.717, 1.165) is 28.3 Å². The minimum absolute atomic E-state index is 0.206. The molecule has 7 heteroatoms. The van der Waals surface area contributed by atoms with Gasteiger partial charge in [-0.2, -0.15) is 0 Å². The molecular formula is C19H15N5OS. The van der Waals surface area contributed by atoms with Crippen LogP contribution in [-0.4, -0.2) is 25.5 Å². The molecule has 0 aliphatic rings. The Morgan fingerprint density at radius 1 is 1.04 bits per heavy atom. The van der Waals surface area contributed by atoms with Crippen molar-refractivity contribution in [2.75, 3.05) is 4.90 Å². The van der Waals surface area contributed by atoms with E-state index >= 15 is 0 Å². The molecule has 26 heavy (non-hydrogen) atoms.